The van der Waals surface area contributed by atoms with E-state index in [4.69, 9.17) is 0 Å². The summed E-state index contributed by atoms with van der Waals surface area (Å²) in [5.74, 6) is 1.33. The van der Waals surface area contributed by atoms with Crippen molar-refractivity contribution >= 4 is 57.5 Å². The number of thiophene rings is 3. The van der Waals surface area contributed by atoms with E-state index in [2.05, 4.69) is 60.0 Å². The quantitative estimate of drug-likeness (QED) is 0.159. The second kappa shape index (κ2) is 12.8. The summed E-state index contributed by atoms with van der Waals surface area (Å²) in [5, 5.41) is 4.62. The number of fused-ring (bicyclic) bond motifs is 1. The van der Waals surface area contributed by atoms with E-state index < -0.39 is 0 Å². The van der Waals surface area contributed by atoms with Crippen LogP contribution in [-0.2, 0) is 0 Å². The number of unbranched alkanes of at least 4 members (excludes halogenated alkanes) is 4. The SMILES string of the molecule is CCCCCC(CC)c1ccsc1-c1sc(-c2sccc2C(CC)CCCCC)c2c1NSN2. The van der Waals surface area contributed by atoms with Crippen LogP contribution in [0.4, 0.5) is 11.4 Å². The fraction of sp³-hybridized carbons (Fsp3) is 0.571. The Hall–Kier alpha value is -0.950. The van der Waals surface area contributed by atoms with Crippen LogP contribution in [0.5, 0.6) is 0 Å². The summed E-state index contributed by atoms with van der Waals surface area (Å²) in [4.78, 5) is 5.83. The van der Waals surface area contributed by atoms with Crippen molar-refractivity contribution in [1.29, 1.82) is 0 Å². The number of rotatable bonds is 14. The molecule has 0 spiro atoms. The lowest BCUT2D eigenvalue weighted by Crippen LogP contribution is -1.98. The van der Waals surface area contributed by atoms with Crippen LogP contribution in [0.2, 0.25) is 0 Å². The Balaban J connectivity index is 1.68. The van der Waals surface area contributed by atoms with Crippen molar-refractivity contribution in [2.24, 2.45) is 0 Å². The van der Waals surface area contributed by atoms with Crippen LogP contribution in [0.3, 0.4) is 0 Å². The average molecular weight is 533 g/mol. The van der Waals surface area contributed by atoms with Crippen LogP contribution in [0.25, 0.3) is 19.5 Å². The lowest BCUT2D eigenvalue weighted by Gasteiger charge is -2.16. The molecule has 4 heterocycles. The van der Waals surface area contributed by atoms with E-state index in [0.29, 0.717) is 11.8 Å². The maximum absolute atomic E-state index is 3.61. The Morgan fingerprint density at radius 2 is 1.12 bits per heavy atom. The van der Waals surface area contributed by atoms with Crippen molar-refractivity contribution < 1.29 is 0 Å². The highest BCUT2D eigenvalue weighted by molar-refractivity contribution is 8.02. The maximum atomic E-state index is 3.61. The molecule has 0 saturated heterocycles. The molecule has 2 N–H and O–H groups in total. The van der Waals surface area contributed by atoms with Gasteiger partial charge in [0.05, 0.1) is 33.3 Å². The second-order valence-electron chi connectivity index (χ2n) is 9.43. The molecule has 0 amide bonds. The van der Waals surface area contributed by atoms with E-state index in [1.807, 2.05) is 34.0 Å². The molecule has 4 rings (SSSR count). The van der Waals surface area contributed by atoms with Gasteiger partial charge in [0.2, 0.25) is 0 Å². The molecular formula is C28H40N2S4. The molecule has 186 valence electrons. The standard InChI is InChI=1S/C28H40N2S4/c1-5-9-11-13-19(7-3)21-15-17-31-25(21)27-23-24(30-34-29-23)28(33-27)26-22(16-18-32-26)20(8-4)14-12-10-6-2/h15-20,29-30H,5-14H2,1-4H3. The lowest BCUT2D eigenvalue weighted by molar-refractivity contribution is 0.555. The van der Waals surface area contributed by atoms with Crippen LogP contribution in [-0.4, -0.2) is 0 Å². The summed E-state index contributed by atoms with van der Waals surface area (Å²) >= 11 is 7.48. The molecule has 3 aromatic rings. The number of nitrogens with one attached hydrogen (secondary N) is 2. The van der Waals surface area contributed by atoms with Crippen molar-refractivity contribution in [3.8, 4) is 19.5 Å². The fourth-order valence-corrected chi connectivity index (χ4v) is 9.49. The van der Waals surface area contributed by atoms with E-state index in [1.54, 1.807) is 23.3 Å². The van der Waals surface area contributed by atoms with E-state index in [-0.39, 0.29) is 0 Å². The average Bonchev–Trinajstić information content (AvgIpc) is 3.63. The normalized spacial score (nSPS) is 14.6. The minimum absolute atomic E-state index is 0.663. The van der Waals surface area contributed by atoms with Gasteiger partial charge in [0.1, 0.15) is 0 Å². The molecule has 34 heavy (non-hydrogen) atoms. The van der Waals surface area contributed by atoms with Gasteiger partial charge in [0, 0.05) is 9.75 Å². The molecular weight excluding hydrogens is 493 g/mol. The van der Waals surface area contributed by atoms with Gasteiger partial charge in [-0.1, -0.05) is 66.2 Å². The smallest absolute Gasteiger partial charge is 0.0902 e. The zero-order valence-electron chi connectivity index (χ0n) is 21.2. The predicted octanol–water partition coefficient (Wildman–Crippen LogP) is 11.8. The topological polar surface area (TPSA) is 24.1 Å². The van der Waals surface area contributed by atoms with Crippen LogP contribution >= 0.6 is 46.1 Å². The molecule has 6 heteroatoms. The monoisotopic (exact) mass is 532 g/mol. The summed E-state index contributed by atoms with van der Waals surface area (Å²) in [6.07, 6.45) is 13.0. The lowest BCUT2D eigenvalue weighted by atomic mass is 9.90. The second-order valence-corrected chi connectivity index (χ2v) is 12.9. The Bertz CT molecular complexity index is 953. The molecule has 2 nitrogen and oxygen atoms in total. The van der Waals surface area contributed by atoms with E-state index in [9.17, 15) is 0 Å². The minimum atomic E-state index is 0.663. The zero-order chi connectivity index (χ0) is 23.9. The fourth-order valence-electron chi connectivity index (χ4n) is 5.16. The first kappa shape index (κ1) is 26.1. The number of hydrogen-bond donors (Lipinski definition) is 2. The van der Waals surface area contributed by atoms with Gasteiger partial charge in [-0.25, -0.2) is 0 Å². The van der Waals surface area contributed by atoms with Gasteiger partial charge in [-0.2, -0.15) is 0 Å². The third kappa shape index (κ3) is 5.55. The zero-order valence-corrected chi connectivity index (χ0v) is 24.4. The molecule has 2 unspecified atom stereocenters. The molecule has 0 bridgehead atoms. The molecule has 1 aliphatic rings. The van der Waals surface area contributed by atoms with Crippen molar-refractivity contribution in [3.05, 3.63) is 34.0 Å². The molecule has 0 radical (unpaired) electrons. The maximum Gasteiger partial charge on any atom is 0.0902 e. The van der Waals surface area contributed by atoms with Gasteiger partial charge in [-0.15, -0.1) is 34.0 Å². The molecule has 0 aliphatic carbocycles. The molecule has 2 atom stereocenters. The summed E-state index contributed by atoms with van der Waals surface area (Å²) in [5.41, 5.74) is 5.73. The Kier molecular flexibility index (Phi) is 9.87. The largest absolute Gasteiger partial charge is 0.309 e. The molecule has 0 aromatic carbocycles. The molecule has 3 aromatic heterocycles. The summed E-state index contributed by atoms with van der Waals surface area (Å²) in [7, 11) is 0. The first-order valence-corrected chi connectivity index (χ1v) is 16.6. The summed E-state index contributed by atoms with van der Waals surface area (Å²) < 4.78 is 7.22. The third-order valence-electron chi connectivity index (χ3n) is 7.20. The summed E-state index contributed by atoms with van der Waals surface area (Å²) in [6.45, 7) is 9.32. The molecule has 0 fully saturated rings. The minimum Gasteiger partial charge on any atom is -0.309 e. The van der Waals surface area contributed by atoms with Gasteiger partial charge in [0.25, 0.3) is 0 Å². The Morgan fingerprint density at radius 3 is 1.53 bits per heavy atom. The van der Waals surface area contributed by atoms with Crippen LogP contribution < -0.4 is 9.44 Å². The van der Waals surface area contributed by atoms with Gasteiger partial charge in [0.15, 0.2) is 0 Å². The first-order chi connectivity index (χ1) is 16.7. The number of hydrogen-bond acceptors (Lipinski definition) is 6. The predicted molar refractivity (Wildman–Crippen MR) is 160 cm³/mol. The Morgan fingerprint density at radius 1 is 0.647 bits per heavy atom. The van der Waals surface area contributed by atoms with Crippen LogP contribution in [0.15, 0.2) is 22.9 Å². The van der Waals surface area contributed by atoms with Gasteiger partial charge >= 0.3 is 0 Å². The van der Waals surface area contributed by atoms with E-state index in [0.717, 1.165) is 0 Å². The van der Waals surface area contributed by atoms with Crippen molar-refractivity contribution in [2.45, 2.75) is 104 Å². The molecule has 0 saturated carbocycles. The van der Waals surface area contributed by atoms with E-state index in [1.165, 1.54) is 95.1 Å². The van der Waals surface area contributed by atoms with Gasteiger partial charge in [-0.3, -0.25) is 0 Å². The number of anilines is 2. The van der Waals surface area contributed by atoms with Crippen LogP contribution in [0.1, 0.15) is 115 Å². The Labute approximate surface area is 223 Å². The third-order valence-corrected chi connectivity index (χ3v) is 11.2. The van der Waals surface area contributed by atoms with Crippen molar-refractivity contribution in [3.63, 3.8) is 0 Å². The van der Waals surface area contributed by atoms with Crippen LogP contribution in [0, 0.1) is 0 Å². The van der Waals surface area contributed by atoms with Gasteiger partial charge in [-0.05, 0) is 71.5 Å². The van der Waals surface area contributed by atoms with Crippen molar-refractivity contribution in [2.75, 3.05) is 9.44 Å². The highest BCUT2D eigenvalue weighted by Crippen LogP contribution is 2.57. The summed E-state index contributed by atoms with van der Waals surface area (Å²) in [6, 6.07) is 4.80. The van der Waals surface area contributed by atoms with Gasteiger partial charge < -0.3 is 9.44 Å². The van der Waals surface area contributed by atoms with Crippen molar-refractivity contribution in [1.82, 2.24) is 0 Å². The highest BCUT2D eigenvalue weighted by Gasteiger charge is 2.30. The molecule has 1 aliphatic heterocycles. The van der Waals surface area contributed by atoms with E-state index >= 15 is 0 Å². The highest BCUT2D eigenvalue weighted by atomic mass is 32.2. The first-order valence-electron chi connectivity index (χ1n) is 13.2.